The van der Waals surface area contributed by atoms with Gasteiger partial charge in [0, 0.05) is 13.0 Å². The first-order chi connectivity index (χ1) is 10.4. The second-order valence-electron chi connectivity index (χ2n) is 6.06. The molecule has 0 radical (unpaired) electrons. The summed E-state index contributed by atoms with van der Waals surface area (Å²) in [6.45, 7) is 4.45. The summed E-state index contributed by atoms with van der Waals surface area (Å²) in [5.41, 5.74) is -1.52. The van der Waals surface area contributed by atoms with Gasteiger partial charge in [0.15, 0.2) is 0 Å². The van der Waals surface area contributed by atoms with Gasteiger partial charge in [-0.05, 0) is 38.0 Å². The molecule has 0 aromatic heterocycles. The molecule has 4 nitrogen and oxygen atoms in total. The van der Waals surface area contributed by atoms with Crippen molar-refractivity contribution in [2.24, 2.45) is 5.92 Å². The normalized spacial score (nSPS) is 13.5. The number of aliphatic carboxylic acids is 1. The first-order valence-corrected chi connectivity index (χ1v) is 7.04. The van der Waals surface area contributed by atoms with E-state index in [1.165, 1.54) is 33.0 Å². The van der Waals surface area contributed by atoms with E-state index in [0.29, 0.717) is 5.56 Å². The third kappa shape index (κ3) is 4.46. The number of nitrogens with zero attached hydrogens (tertiary/aromatic N) is 1. The van der Waals surface area contributed by atoms with Crippen LogP contribution >= 0.6 is 0 Å². The molecular weight excluding hydrogens is 311 g/mol. The van der Waals surface area contributed by atoms with Crippen LogP contribution < -0.4 is 0 Å². The summed E-state index contributed by atoms with van der Waals surface area (Å²) in [6, 6.07) is 4.60. The molecule has 1 atom stereocenters. The van der Waals surface area contributed by atoms with Gasteiger partial charge in [0.05, 0.1) is 5.56 Å². The molecule has 0 aliphatic carbocycles. The average molecular weight is 331 g/mol. The molecular formula is C16H20F3NO3. The van der Waals surface area contributed by atoms with Crippen molar-refractivity contribution >= 4 is 11.9 Å². The lowest BCUT2D eigenvalue weighted by Crippen LogP contribution is -2.52. The molecule has 1 unspecified atom stereocenters. The monoisotopic (exact) mass is 331 g/mol. The van der Waals surface area contributed by atoms with Gasteiger partial charge in [-0.2, -0.15) is 13.2 Å². The van der Waals surface area contributed by atoms with Crippen molar-refractivity contribution in [2.45, 2.75) is 38.9 Å². The molecule has 1 amide bonds. The van der Waals surface area contributed by atoms with E-state index in [9.17, 15) is 22.8 Å². The second-order valence-corrected chi connectivity index (χ2v) is 6.06. The Balaban J connectivity index is 2.81. The number of alkyl halides is 3. The van der Waals surface area contributed by atoms with Gasteiger partial charge in [-0.1, -0.05) is 19.1 Å². The predicted octanol–water partition coefficient (Wildman–Crippen LogP) is 3.21. The first-order valence-electron chi connectivity index (χ1n) is 7.04. The van der Waals surface area contributed by atoms with Gasteiger partial charge in [0.1, 0.15) is 5.54 Å². The molecule has 1 aromatic carbocycles. The number of hydrogen-bond acceptors (Lipinski definition) is 2. The first kappa shape index (κ1) is 19.0. The summed E-state index contributed by atoms with van der Waals surface area (Å²) in [6.07, 6.45) is -4.16. The standard InChI is InChI=1S/C16H20F3NO3/c1-10(13(21)20(4)15(2,3)14(22)23)9-11-5-7-12(8-6-11)16(17,18)19/h5-8,10H,9H2,1-4H3,(H,22,23). The number of hydrogen-bond donors (Lipinski definition) is 1. The SMILES string of the molecule is CC(Cc1ccc(C(F)(F)F)cc1)C(=O)N(C)C(C)(C)C(=O)O. The Morgan fingerprint density at radius 3 is 2.04 bits per heavy atom. The molecule has 0 aliphatic heterocycles. The number of carboxylic acid groups (broad SMARTS) is 1. The second kappa shape index (κ2) is 6.60. The molecule has 0 fully saturated rings. The number of halogens is 3. The van der Waals surface area contributed by atoms with E-state index in [0.717, 1.165) is 17.0 Å². The van der Waals surface area contributed by atoms with E-state index in [2.05, 4.69) is 0 Å². The van der Waals surface area contributed by atoms with E-state index in [4.69, 9.17) is 5.11 Å². The van der Waals surface area contributed by atoms with Crippen LogP contribution in [-0.2, 0) is 22.2 Å². The number of amides is 1. The van der Waals surface area contributed by atoms with Gasteiger partial charge >= 0.3 is 12.1 Å². The summed E-state index contributed by atoms with van der Waals surface area (Å²) >= 11 is 0. The Morgan fingerprint density at radius 2 is 1.65 bits per heavy atom. The van der Waals surface area contributed by atoms with Crippen LogP contribution in [0.3, 0.4) is 0 Å². The molecule has 23 heavy (non-hydrogen) atoms. The molecule has 1 aromatic rings. The van der Waals surface area contributed by atoms with Gasteiger partial charge in [-0.15, -0.1) is 0 Å². The summed E-state index contributed by atoms with van der Waals surface area (Å²) in [4.78, 5) is 24.6. The lowest BCUT2D eigenvalue weighted by molar-refractivity contribution is -0.156. The van der Waals surface area contributed by atoms with Crippen LogP contribution in [0.5, 0.6) is 0 Å². The van der Waals surface area contributed by atoms with E-state index in [1.807, 2.05) is 0 Å². The van der Waals surface area contributed by atoms with Crippen LogP contribution in [0.25, 0.3) is 0 Å². The fourth-order valence-electron chi connectivity index (χ4n) is 2.02. The van der Waals surface area contributed by atoms with Crippen LogP contribution in [0.15, 0.2) is 24.3 Å². The molecule has 128 valence electrons. The summed E-state index contributed by atoms with van der Waals surface area (Å²) in [7, 11) is 1.40. The van der Waals surface area contributed by atoms with Crippen molar-refractivity contribution in [3.63, 3.8) is 0 Å². The quantitative estimate of drug-likeness (QED) is 0.901. The van der Waals surface area contributed by atoms with Gasteiger partial charge in [0.25, 0.3) is 0 Å². The van der Waals surface area contributed by atoms with Crippen LogP contribution in [0, 0.1) is 5.92 Å². The molecule has 7 heteroatoms. The van der Waals surface area contributed by atoms with Crippen molar-refractivity contribution in [1.29, 1.82) is 0 Å². The maximum atomic E-state index is 12.5. The minimum Gasteiger partial charge on any atom is -0.480 e. The third-order valence-corrected chi connectivity index (χ3v) is 3.94. The minimum absolute atomic E-state index is 0.233. The van der Waals surface area contributed by atoms with Crippen LogP contribution in [0.4, 0.5) is 13.2 Å². The van der Waals surface area contributed by atoms with Crippen molar-refractivity contribution in [3.05, 3.63) is 35.4 Å². The van der Waals surface area contributed by atoms with E-state index in [-0.39, 0.29) is 12.3 Å². The highest BCUT2D eigenvalue weighted by atomic mass is 19.4. The summed E-state index contributed by atoms with van der Waals surface area (Å²) in [5.74, 6) is -2.05. The lowest BCUT2D eigenvalue weighted by Gasteiger charge is -2.33. The Morgan fingerprint density at radius 1 is 1.17 bits per heavy atom. The molecule has 0 aliphatic rings. The van der Waals surface area contributed by atoms with Crippen LogP contribution in [0.1, 0.15) is 31.9 Å². The van der Waals surface area contributed by atoms with Crippen molar-refractivity contribution in [1.82, 2.24) is 4.90 Å². The van der Waals surface area contributed by atoms with Crippen LogP contribution in [-0.4, -0.2) is 34.5 Å². The number of carbonyl (C=O) groups excluding carboxylic acids is 1. The minimum atomic E-state index is -4.40. The summed E-state index contributed by atoms with van der Waals surface area (Å²) in [5, 5.41) is 9.14. The van der Waals surface area contributed by atoms with E-state index in [1.54, 1.807) is 6.92 Å². The zero-order chi connectivity index (χ0) is 18.0. The molecule has 0 bridgehead atoms. The largest absolute Gasteiger partial charge is 0.480 e. The average Bonchev–Trinajstić information content (AvgIpc) is 2.44. The highest BCUT2D eigenvalue weighted by molar-refractivity contribution is 5.87. The highest BCUT2D eigenvalue weighted by Gasteiger charge is 2.36. The fraction of sp³-hybridized carbons (Fsp3) is 0.500. The number of rotatable bonds is 5. The third-order valence-electron chi connectivity index (χ3n) is 3.94. The smallest absolute Gasteiger partial charge is 0.416 e. The zero-order valence-electron chi connectivity index (χ0n) is 13.4. The maximum absolute atomic E-state index is 12.5. The maximum Gasteiger partial charge on any atom is 0.416 e. The predicted molar refractivity (Wildman–Crippen MR) is 78.8 cm³/mol. The van der Waals surface area contributed by atoms with Crippen molar-refractivity contribution in [3.8, 4) is 0 Å². The number of carbonyl (C=O) groups is 2. The highest BCUT2D eigenvalue weighted by Crippen LogP contribution is 2.29. The molecule has 0 saturated heterocycles. The molecule has 0 heterocycles. The molecule has 1 rings (SSSR count). The summed E-state index contributed by atoms with van der Waals surface area (Å²) < 4.78 is 37.5. The van der Waals surface area contributed by atoms with Gasteiger partial charge in [0.2, 0.25) is 5.91 Å². The lowest BCUT2D eigenvalue weighted by atomic mass is 9.96. The number of likely N-dealkylation sites (N-methyl/N-ethyl adjacent to an activating group) is 1. The molecule has 0 saturated carbocycles. The Bertz CT molecular complexity index is 579. The topological polar surface area (TPSA) is 57.6 Å². The Kier molecular flexibility index (Phi) is 5.45. The van der Waals surface area contributed by atoms with Gasteiger partial charge in [-0.25, -0.2) is 4.79 Å². The van der Waals surface area contributed by atoms with Crippen molar-refractivity contribution < 1.29 is 27.9 Å². The van der Waals surface area contributed by atoms with Gasteiger partial charge < -0.3 is 10.0 Å². The number of benzene rings is 1. The van der Waals surface area contributed by atoms with Crippen molar-refractivity contribution in [2.75, 3.05) is 7.05 Å². The Labute approximate surface area is 132 Å². The van der Waals surface area contributed by atoms with Crippen LogP contribution in [0.2, 0.25) is 0 Å². The Hall–Kier alpha value is -2.05. The molecule has 1 N–H and O–H groups in total. The number of carboxylic acids is 1. The van der Waals surface area contributed by atoms with E-state index < -0.39 is 29.2 Å². The molecule has 0 spiro atoms. The zero-order valence-corrected chi connectivity index (χ0v) is 13.4. The fourth-order valence-corrected chi connectivity index (χ4v) is 2.02. The van der Waals surface area contributed by atoms with E-state index >= 15 is 0 Å². The van der Waals surface area contributed by atoms with Gasteiger partial charge in [-0.3, -0.25) is 4.79 Å².